The minimum Gasteiger partial charge on any atom is -0.506 e. The summed E-state index contributed by atoms with van der Waals surface area (Å²) < 4.78 is 0. The topological polar surface area (TPSA) is 137 Å². The van der Waals surface area contributed by atoms with Crippen LogP contribution in [0.25, 0.3) is 0 Å². The number of anilines is 4. The summed E-state index contributed by atoms with van der Waals surface area (Å²) in [6, 6.07) is 23.6. The number of hydrogen-bond acceptors (Lipinski definition) is 6. The molecule has 0 aromatic heterocycles. The van der Waals surface area contributed by atoms with Crippen LogP contribution in [0.5, 0.6) is 11.5 Å². The van der Waals surface area contributed by atoms with Gasteiger partial charge in [0, 0.05) is 35.0 Å². The van der Waals surface area contributed by atoms with Gasteiger partial charge in [0.15, 0.2) is 0 Å². The van der Waals surface area contributed by atoms with Gasteiger partial charge in [-0.1, -0.05) is 38.1 Å². The van der Waals surface area contributed by atoms with Crippen LogP contribution in [0.2, 0.25) is 0 Å². The molecule has 8 nitrogen and oxygen atoms in total. The molecule has 0 bridgehead atoms. The fourth-order valence-electron chi connectivity index (χ4n) is 4.10. The quantitative estimate of drug-likeness (QED) is 0.142. The molecular formula is C30H30N4O4. The second kappa shape index (κ2) is 10.6. The lowest BCUT2D eigenvalue weighted by molar-refractivity contribution is 0.101. The first-order chi connectivity index (χ1) is 18.1. The van der Waals surface area contributed by atoms with E-state index in [1.807, 2.05) is 19.9 Å². The van der Waals surface area contributed by atoms with E-state index in [-0.39, 0.29) is 28.8 Å². The van der Waals surface area contributed by atoms with Crippen molar-refractivity contribution in [3.63, 3.8) is 0 Å². The van der Waals surface area contributed by atoms with E-state index in [0.717, 1.165) is 16.8 Å². The molecule has 4 rings (SSSR count). The van der Waals surface area contributed by atoms with Crippen molar-refractivity contribution in [2.75, 3.05) is 28.7 Å². The van der Waals surface area contributed by atoms with Crippen molar-refractivity contribution < 1.29 is 19.8 Å². The summed E-state index contributed by atoms with van der Waals surface area (Å²) in [5, 5.41) is 29.4. The maximum absolute atomic E-state index is 12.9. The SMILES string of the molecule is CNc1cccc(C(=O)Nc2cc(C(C)(C)c3ccc(O)c(NC(=O)c4cccc(N)c4)c3)ccc2O)c1. The molecule has 8 heteroatoms. The highest BCUT2D eigenvalue weighted by Gasteiger charge is 2.26. The molecule has 4 aromatic carbocycles. The molecule has 38 heavy (non-hydrogen) atoms. The smallest absolute Gasteiger partial charge is 0.255 e. The molecule has 0 radical (unpaired) electrons. The molecule has 0 unspecified atom stereocenters. The lowest BCUT2D eigenvalue weighted by Crippen LogP contribution is -2.20. The Kier molecular flexibility index (Phi) is 7.25. The zero-order valence-corrected chi connectivity index (χ0v) is 21.4. The third-order valence-corrected chi connectivity index (χ3v) is 6.50. The van der Waals surface area contributed by atoms with Crippen LogP contribution in [0.15, 0.2) is 84.9 Å². The van der Waals surface area contributed by atoms with Crippen LogP contribution in [0.1, 0.15) is 45.7 Å². The molecule has 0 aliphatic heterocycles. The van der Waals surface area contributed by atoms with Gasteiger partial charge in [-0.15, -0.1) is 0 Å². The van der Waals surface area contributed by atoms with Crippen LogP contribution in [0.4, 0.5) is 22.7 Å². The molecule has 2 amide bonds. The van der Waals surface area contributed by atoms with Crippen molar-refractivity contribution in [2.45, 2.75) is 19.3 Å². The van der Waals surface area contributed by atoms with Crippen molar-refractivity contribution in [1.29, 1.82) is 0 Å². The zero-order valence-electron chi connectivity index (χ0n) is 21.4. The molecule has 7 N–H and O–H groups in total. The number of rotatable bonds is 7. The minimum atomic E-state index is -0.621. The number of phenolic OH excluding ortho intramolecular Hbond substituents is 2. The highest BCUT2D eigenvalue weighted by Crippen LogP contribution is 2.38. The number of carbonyl (C=O) groups excluding carboxylic acids is 2. The summed E-state index contributed by atoms with van der Waals surface area (Å²) in [6.45, 7) is 3.94. The van der Waals surface area contributed by atoms with Crippen molar-refractivity contribution >= 4 is 34.6 Å². The van der Waals surface area contributed by atoms with Crippen LogP contribution in [0, 0.1) is 0 Å². The molecule has 0 fully saturated rings. The summed E-state index contributed by atoms with van der Waals surface area (Å²) >= 11 is 0. The molecule has 0 atom stereocenters. The van der Waals surface area contributed by atoms with Gasteiger partial charge >= 0.3 is 0 Å². The number of hydrogen-bond donors (Lipinski definition) is 6. The number of amides is 2. The molecule has 194 valence electrons. The highest BCUT2D eigenvalue weighted by atomic mass is 16.3. The Labute approximate surface area is 221 Å². The lowest BCUT2D eigenvalue weighted by atomic mass is 9.77. The first kappa shape index (κ1) is 26.1. The Balaban J connectivity index is 1.61. The normalized spacial score (nSPS) is 11.0. The number of phenols is 2. The van der Waals surface area contributed by atoms with E-state index < -0.39 is 11.3 Å². The van der Waals surface area contributed by atoms with E-state index in [1.54, 1.807) is 73.8 Å². The molecule has 0 saturated carbocycles. The molecule has 0 aliphatic carbocycles. The number of carbonyl (C=O) groups is 2. The third-order valence-electron chi connectivity index (χ3n) is 6.50. The molecular weight excluding hydrogens is 480 g/mol. The van der Waals surface area contributed by atoms with E-state index in [2.05, 4.69) is 16.0 Å². The van der Waals surface area contributed by atoms with Gasteiger partial charge in [0.2, 0.25) is 0 Å². The molecule has 0 heterocycles. The Bertz CT molecular complexity index is 1510. The summed E-state index contributed by atoms with van der Waals surface area (Å²) in [4.78, 5) is 25.6. The highest BCUT2D eigenvalue weighted by molar-refractivity contribution is 6.06. The van der Waals surface area contributed by atoms with E-state index in [0.29, 0.717) is 16.8 Å². The van der Waals surface area contributed by atoms with Crippen molar-refractivity contribution in [2.24, 2.45) is 0 Å². The van der Waals surface area contributed by atoms with Gasteiger partial charge in [0.25, 0.3) is 11.8 Å². The van der Waals surface area contributed by atoms with E-state index in [1.165, 1.54) is 12.1 Å². The number of nitrogen functional groups attached to an aromatic ring is 1. The maximum Gasteiger partial charge on any atom is 0.255 e. The van der Waals surface area contributed by atoms with Crippen LogP contribution in [-0.2, 0) is 5.41 Å². The minimum absolute atomic E-state index is 0.0662. The Morgan fingerprint density at radius 1 is 0.711 bits per heavy atom. The molecule has 4 aromatic rings. The average Bonchev–Trinajstić information content (AvgIpc) is 2.90. The van der Waals surface area contributed by atoms with E-state index >= 15 is 0 Å². The fraction of sp³-hybridized carbons (Fsp3) is 0.133. The first-order valence-corrected chi connectivity index (χ1v) is 12.0. The van der Waals surface area contributed by atoms with Gasteiger partial charge in [0.05, 0.1) is 11.4 Å². The van der Waals surface area contributed by atoms with Crippen molar-refractivity contribution in [3.05, 3.63) is 107 Å². The largest absolute Gasteiger partial charge is 0.506 e. The van der Waals surface area contributed by atoms with Crippen molar-refractivity contribution in [3.8, 4) is 11.5 Å². The fourth-order valence-corrected chi connectivity index (χ4v) is 4.10. The summed E-state index contributed by atoms with van der Waals surface area (Å²) in [5.74, 6) is -0.907. The predicted molar refractivity (Wildman–Crippen MR) is 151 cm³/mol. The standard InChI is InChI=1S/C30H30N4O4/c1-30(2,20-10-12-26(35)24(16-20)33-28(37)18-6-4-8-22(31)14-18)21-11-13-27(36)25(17-21)34-29(38)19-7-5-9-23(15-19)32-3/h4-17,32,35-36H,31H2,1-3H3,(H,33,37)(H,34,38). The lowest BCUT2D eigenvalue weighted by Gasteiger charge is -2.27. The van der Waals surface area contributed by atoms with Gasteiger partial charge in [-0.05, 0) is 71.8 Å². The van der Waals surface area contributed by atoms with Crippen LogP contribution in [-0.4, -0.2) is 29.1 Å². The maximum atomic E-state index is 12.9. The van der Waals surface area contributed by atoms with Crippen LogP contribution < -0.4 is 21.7 Å². The van der Waals surface area contributed by atoms with Crippen molar-refractivity contribution in [1.82, 2.24) is 0 Å². The van der Waals surface area contributed by atoms with Gasteiger partial charge < -0.3 is 31.9 Å². The second-order valence-corrected chi connectivity index (χ2v) is 9.45. The Hall–Kier alpha value is -4.98. The predicted octanol–water partition coefficient (Wildman–Crippen LogP) is 5.55. The monoisotopic (exact) mass is 510 g/mol. The third kappa shape index (κ3) is 5.54. The summed E-state index contributed by atoms with van der Waals surface area (Å²) in [7, 11) is 1.77. The molecule has 0 saturated heterocycles. The van der Waals surface area contributed by atoms with Crippen LogP contribution >= 0.6 is 0 Å². The van der Waals surface area contributed by atoms with E-state index in [9.17, 15) is 19.8 Å². The zero-order chi connectivity index (χ0) is 27.4. The Morgan fingerprint density at radius 2 is 1.21 bits per heavy atom. The van der Waals surface area contributed by atoms with Gasteiger partial charge in [-0.25, -0.2) is 0 Å². The van der Waals surface area contributed by atoms with Gasteiger partial charge in [0.1, 0.15) is 11.5 Å². The molecule has 0 aliphatic rings. The van der Waals surface area contributed by atoms with Crippen LogP contribution in [0.3, 0.4) is 0 Å². The number of aromatic hydroxyl groups is 2. The van der Waals surface area contributed by atoms with Gasteiger partial charge in [-0.3, -0.25) is 9.59 Å². The van der Waals surface area contributed by atoms with E-state index in [4.69, 9.17) is 5.73 Å². The Morgan fingerprint density at radius 3 is 1.71 bits per heavy atom. The first-order valence-electron chi connectivity index (χ1n) is 12.0. The number of nitrogens with one attached hydrogen (secondary N) is 3. The molecule has 0 spiro atoms. The number of benzene rings is 4. The summed E-state index contributed by atoms with van der Waals surface area (Å²) in [5.41, 5.74) is 9.35. The second-order valence-electron chi connectivity index (χ2n) is 9.45. The summed E-state index contributed by atoms with van der Waals surface area (Å²) in [6.07, 6.45) is 0. The average molecular weight is 511 g/mol. The number of nitrogens with two attached hydrogens (primary N) is 1. The van der Waals surface area contributed by atoms with Gasteiger partial charge in [-0.2, -0.15) is 0 Å².